The van der Waals surface area contributed by atoms with Gasteiger partial charge in [-0.15, -0.1) is 0 Å². The van der Waals surface area contributed by atoms with Gasteiger partial charge in [0.2, 0.25) is 0 Å². The quantitative estimate of drug-likeness (QED) is 0.880. The van der Waals surface area contributed by atoms with Gasteiger partial charge < -0.3 is 14.7 Å². The number of carbonyl (C=O) groups is 2. The molecule has 0 radical (unpaired) electrons. The number of aryl methyl sites for hydroxylation is 3. The molecule has 142 valence electrons. The molecule has 1 unspecified atom stereocenters. The molecule has 0 aromatic heterocycles. The van der Waals surface area contributed by atoms with Crippen LogP contribution in [0.1, 0.15) is 39.0 Å². The van der Waals surface area contributed by atoms with Crippen LogP contribution in [0.15, 0.2) is 36.4 Å². The van der Waals surface area contributed by atoms with Gasteiger partial charge in [0.15, 0.2) is 6.61 Å². The van der Waals surface area contributed by atoms with Gasteiger partial charge in [-0.1, -0.05) is 24.3 Å². The van der Waals surface area contributed by atoms with E-state index in [1.54, 1.807) is 12.1 Å². The largest absolute Gasteiger partial charge is 0.481 e. The molecule has 0 spiro atoms. The van der Waals surface area contributed by atoms with E-state index in [1.807, 2.05) is 31.9 Å². The molecule has 1 aliphatic rings. The number of rotatable bonds is 5. The molecule has 27 heavy (non-hydrogen) atoms. The van der Waals surface area contributed by atoms with Gasteiger partial charge in [0.1, 0.15) is 5.75 Å². The summed E-state index contributed by atoms with van der Waals surface area (Å²) in [5.41, 5.74) is 4.83. The molecular formula is C22H25NO4. The van der Waals surface area contributed by atoms with Gasteiger partial charge in [-0.2, -0.15) is 0 Å². The number of ether oxygens (including phenoxy) is 1. The summed E-state index contributed by atoms with van der Waals surface area (Å²) >= 11 is 0. The van der Waals surface area contributed by atoms with Crippen molar-refractivity contribution in [2.75, 3.05) is 13.7 Å². The van der Waals surface area contributed by atoms with Crippen molar-refractivity contribution in [1.82, 2.24) is 4.90 Å². The summed E-state index contributed by atoms with van der Waals surface area (Å²) in [6, 6.07) is 12.1. The van der Waals surface area contributed by atoms with Crippen LogP contribution < -0.4 is 4.74 Å². The first-order valence-electron chi connectivity index (χ1n) is 9.16. The molecule has 1 aliphatic carbocycles. The Morgan fingerprint density at radius 2 is 1.78 bits per heavy atom. The number of likely N-dealkylation sites (N-methyl/N-ethyl adjacent to an activating group) is 1. The molecule has 3 rings (SSSR count). The molecule has 2 aromatic carbocycles. The van der Waals surface area contributed by atoms with Crippen LogP contribution in [-0.2, 0) is 17.6 Å². The standard InChI is InChI=1S/C22H25NO4/c1-14-10-18(11-15(2)21(14)27-13-20(24)25)22(26)23(3)19-9-8-16-6-4-5-7-17(16)12-19/h4-7,10-11,19H,8-9,12-13H2,1-3H3,(H,24,25). The lowest BCUT2D eigenvalue weighted by Crippen LogP contribution is -2.40. The van der Waals surface area contributed by atoms with Crippen LogP contribution in [0.5, 0.6) is 5.75 Å². The fraction of sp³-hybridized carbons (Fsp3) is 0.364. The van der Waals surface area contributed by atoms with Crippen LogP contribution in [0.2, 0.25) is 0 Å². The molecule has 0 bridgehead atoms. The molecule has 0 saturated carbocycles. The molecule has 1 N–H and O–H groups in total. The number of fused-ring (bicyclic) bond motifs is 1. The van der Waals surface area contributed by atoms with E-state index in [4.69, 9.17) is 9.84 Å². The van der Waals surface area contributed by atoms with E-state index in [0.717, 1.165) is 30.4 Å². The minimum Gasteiger partial charge on any atom is -0.481 e. The Morgan fingerprint density at radius 1 is 1.15 bits per heavy atom. The van der Waals surface area contributed by atoms with Crippen molar-refractivity contribution in [3.8, 4) is 5.75 Å². The first-order chi connectivity index (χ1) is 12.9. The van der Waals surface area contributed by atoms with Gasteiger partial charge in [0.25, 0.3) is 5.91 Å². The first kappa shape index (κ1) is 19.0. The molecule has 1 amide bonds. The lowest BCUT2D eigenvalue weighted by atomic mass is 9.87. The van der Waals surface area contributed by atoms with E-state index >= 15 is 0 Å². The van der Waals surface area contributed by atoms with Crippen molar-refractivity contribution in [2.24, 2.45) is 0 Å². The van der Waals surface area contributed by atoms with Gasteiger partial charge >= 0.3 is 5.97 Å². The number of carboxylic acid groups (broad SMARTS) is 1. The summed E-state index contributed by atoms with van der Waals surface area (Å²) in [5.74, 6) is -0.509. The summed E-state index contributed by atoms with van der Waals surface area (Å²) in [5, 5.41) is 8.80. The predicted octanol–water partition coefficient (Wildman–Crippen LogP) is 3.40. The van der Waals surface area contributed by atoms with E-state index in [-0.39, 0.29) is 11.9 Å². The third-order valence-electron chi connectivity index (χ3n) is 5.24. The lowest BCUT2D eigenvalue weighted by molar-refractivity contribution is -0.139. The normalized spacial score (nSPS) is 15.7. The number of aliphatic carboxylic acids is 1. The number of carbonyl (C=O) groups excluding carboxylic acids is 1. The van der Waals surface area contributed by atoms with Crippen LogP contribution in [0.4, 0.5) is 0 Å². The Labute approximate surface area is 159 Å². The zero-order valence-corrected chi connectivity index (χ0v) is 16.0. The van der Waals surface area contributed by atoms with Crippen molar-refractivity contribution in [3.05, 3.63) is 64.2 Å². The van der Waals surface area contributed by atoms with E-state index in [2.05, 4.69) is 18.2 Å². The number of hydrogen-bond donors (Lipinski definition) is 1. The van der Waals surface area contributed by atoms with Gasteiger partial charge in [-0.05, 0) is 67.5 Å². The minimum absolute atomic E-state index is 0.0182. The Balaban J connectivity index is 1.76. The van der Waals surface area contributed by atoms with E-state index in [9.17, 15) is 9.59 Å². The summed E-state index contributed by atoms with van der Waals surface area (Å²) in [7, 11) is 1.86. The number of nitrogens with zero attached hydrogens (tertiary/aromatic N) is 1. The van der Waals surface area contributed by atoms with E-state index in [1.165, 1.54) is 11.1 Å². The Hall–Kier alpha value is -2.82. The van der Waals surface area contributed by atoms with Crippen LogP contribution in [0.3, 0.4) is 0 Å². The molecule has 0 fully saturated rings. The number of hydrogen-bond acceptors (Lipinski definition) is 3. The Morgan fingerprint density at radius 3 is 2.41 bits per heavy atom. The van der Waals surface area contributed by atoms with Crippen LogP contribution >= 0.6 is 0 Å². The Bertz CT molecular complexity index is 851. The highest BCUT2D eigenvalue weighted by Gasteiger charge is 2.26. The maximum atomic E-state index is 13.0. The third kappa shape index (κ3) is 4.13. The monoisotopic (exact) mass is 367 g/mol. The number of benzene rings is 2. The molecule has 5 heteroatoms. The van der Waals surface area contributed by atoms with Gasteiger partial charge in [-0.3, -0.25) is 4.79 Å². The van der Waals surface area contributed by atoms with E-state index < -0.39 is 12.6 Å². The van der Waals surface area contributed by atoms with Crippen molar-refractivity contribution in [2.45, 2.75) is 39.2 Å². The molecule has 0 saturated heterocycles. The predicted molar refractivity (Wildman–Crippen MR) is 103 cm³/mol. The number of amides is 1. The summed E-state index contributed by atoms with van der Waals surface area (Å²) in [4.78, 5) is 25.6. The van der Waals surface area contributed by atoms with Crippen molar-refractivity contribution in [1.29, 1.82) is 0 Å². The zero-order chi connectivity index (χ0) is 19.6. The molecule has 2 aromatic rings. The van der Waals surface area contributed by atoms with Gasteiger partial charge in [0, 0.05) is 18.7 Å². The molecule has 0 heterocycles. The highest BCUT2D eigenvalue weighted by Crippen LogP contribution is 2.28. The maximum Gasteiger partial charge on any atom is 0.341 e. The summed E-state index contributed by atoms with van der Waals surface area (Å²) in [6.45, 7) is 3.27. The first-order valence-corrected chi connectivity index (χ1v) is 9.16. The maximum absolute atomic E-state index is 13.0. The summed E-state index contributed by atoms with van der Waals surface area (Å²) < 4.78 is 5.36. The summed E-state index contributed by atoms with van der Waals surface area (Å²) in [6.07, 6.45) is 2.81. The van der Waals surface area contributed by atoms with Crippen molar-refractivity contribution >= 4 is 11.9 Å². The van der Waals surface area contributed by atoms with Crippen molar-refractivity contribution < 1.29 is 19.4 Å². The topological polar surface area (TPSA) is 66.8 Å². The van der Waals surface area contributed by atoms with Gasteiger partial charge in [0.05, 0.1) is 0 Å². The average Bonchev–Trinajstić information content (AvgIpc) is 2.65. The van der Waals surface area contributed by atoms with Crippen molar-refractivity contribution in [3.63, 3.8) is 0 Å². The highest BCUT2D eigenvalue weighted by atomic mass is 16.5. The third-order valence-corrected chi connectivity index (χ3v) is 5.24. The smallest absolute Gasteiger partial charge is 0.341 e. The molecule has 1 atom stereocenters. The molecule has 5 nitrogen and oxygen atoms in total. The number of carboxylic acids is 1. The zero-order valence-electron chi connectivity index (χ0n) is 16.0. The SMILES string of the molecule is Cc1cc(C(=O)N(C)C2CCc3ccccc3C2)cc(C)c1OCC(=O)O. The minimum atomic E-state index is -1.02. The second kappa shape index (κ2) is 7.82. The molecule has 0 aliphatic heterocycles. The van der Waals surface area contributed by atoms with E-state index in [0.29, 0.717) is 11.3 Å². The lowest BCUT2D eigenvalue weighted by Gasteiger charge is -2.32. The molecular weight excluding hydrogens is 342 g/mol. The average molecular weight is 367 g/mol. The van der Waals surface area contributed by atoms with Crippen LogP contribution in [0.25, 0.3) is 0 Å². The second-order valence-corrected chi connectivity index (χ2v) is 7.20. The highest BCUT2D eigenvalue weighted by molar-refractivity contribution is 5.95. The van der Waals surface area contributed by atoms with Gasteiger partial charge in [-0.25, -0.2) is 4.79 Å². The van der Waals surface area contributed by atoms with Crippen LogP contribution in [-0.4, -0.2) is 41.6 Å². The van der Waals surface area contributed by atoms with Crippen LogP contribution in [0, 0.1) is 13.8 Å². The fourth-order valence-electron chi connectivity index (χ4n) is 3.81. The Kier molecular flexibility index (Phi) is 5.49. The second-order valence-electron chi connectivity index (χ2n) is 7.20. The fourth-order valence-corrected chi connectivity index (χ4v) is 3.81.